The van der Waals surface area contributed by atoms with Gasteiger partial charge in [0, 0.05) is 24.9 Å². The van der Waals surface area contributed by atoms with Gasteiger partial charge in [0.05, 0.1) is 16.3 Å². The molecule has 1 atom stereocenters. The van der Waals surface area contributed by atoms with Gasteiger partial charge in [-0.2, -0.15) is 0 Å². The van der Waals surface area contributed by atoms with Crippen LogP contribution in [-0.4, -0.2) is 28.1 Å². The highest BCUT2D eigenvalue weighted by atomic mass is 32.1. The van der Waals surface area contributed by atoms with Crippen LogP contribution < -0.4 is 0 Å². The van der Waals surface area contributed by atoms with Crippen LogP contribution in [0.3, 0.4) is 0 Å². The number of fused-ring (bicyclic) bond motifs is 1. The fourth-order valence-electron chi connectivity index (χ4n) is 3.49. The summed E-state index contributed by atoms with van der Waals surface area (Å²) in [5.74, 6) is 0.0747. The van der Waals surface area contributed by atoms with Crippen molar-refractivity contribution in [3.8, 4) is 0 Å². The fraction of sp³-hybridized carbons (Fsp3) is 0.286. The highest BCUT2D eigenvalue weighted by molar-refractivity contribution is 7.18. The fourth-order valence-corrected chi connectivity index (χ4v) is 4.60. The predicted molar refractivity (Wildman–Crippen MR) is 103 cm³/mol. The highest BCUT2D eigenvalue weighted by Crippen LogP contribution is 2.36. The zero-order valence-electron chi connectivity index (χ0n) is 14.4. The Morgan fingerprint density at radius 3 is 2.62 bits per heavy atom. The molecule has 0 bridgehead atoms. The number of nitrogens with zero attached hydrogens (tertiary/aromatic N) is 2. The molecular weight excluding hydrogens is 344 g/mol. The van der Waals surface area contributed by atoms with Crippen LogP contribution in [0.15, 0.2) is 54.6 Å². The second kappa shape index (κ2) is 7.38. The smallest absolute Gasteiger partial charge is 0.223 e. The van der Waals surface area contributed by atoms with Gasteiger partial charge in [-0.05, 0) is 25.0 Å². The normalized spacial score (nSPS) is 16.9. The number of rotatable bonds is 5. The summed E-state index contributed by atoms with van der Waals surface area (Å²) < 4.78 is 1.15. The number of hydrogen-bond donors (Lipinski definition) is 0. The third-order valence-electron chi connectivity index (χ3n) is 4.83. The van der Waals surface area contributed by atoms with Gasteiger partial charge < -0.3 is 4.90 Å². The molecule has 1 unspecified atom stereocenters. The minimum atomic E-state index is 0.0229. The van der Waals surface area contributed by atoms with Gasteiger partial charge in [-0.25, -0.2) is 4.98 Å². The molecule has 1 amide bonds. The van der Waals surface area contributed by atoms with Crippen molar-refractivity contribution in [1.82, 2.24) is 9.88 Å². The zero-order chi connectivity index (χ0) is 17.9. The molecule has 0 radical (unpaired) electrons. The lowest BCUT2D eigenvalue weighted by atomic mass is 10.1. The van der Waals surface area contributed by atoms with Crippen LogP contribution in [-0.2, 0) is 4.79 Å². The summed E-state index contributed by atoms with van der Waals surface area (Å²) >= 11 is 1.67. The van der Waals surface area contributed by atoms with Crippen LogP contribution >= 0.6 is 11.3 Å². The van der Waals surface area contributed by atoms with E-state index < -0.39 is 0 Å². The molecule has 1 saturated heterocycles. The summed E-state index contributed by atoms with van der Waals surface area (Å²) in [6.07, 6.45) is 2.44. The summed E-state index contributed by atoms with van der Waals surface area (Å²) in [7, 11) is 0. The molecule has 4 rings (SSSR count). The predicted octanol–water partition coefficient (Wildman–Crippen LogP) is 4.62. The standard InChI is InChI=1S/C21H20N2O2S/c24-18(15-7-2-1-3-8-15)12-13-20(25)23-14-6-10-17(23)21-22-16-9-4-5-11-19(16)26-21/h1-5,7-9,11,17H,6,10,12-14H2. The Morgan fingerprint density at radius 2 is 1.81 bits per heavy atom. The van der Waals surface area contributed by atoms with E-state index in [1.54, 1.807) is 23.5 Å². The van der Waals surface area contributed by atoms with Crippen molar-refractivity contribution in [2.24, 2.45) is 0 Å². The van der Waals surface area contributed by atoms with Crippen molar-refractivity contribution in [1.29, 1.82) is 0 Å². The minimum absolute atomic E-state index is 0.0229. The number of amides is 1. The Kier molecular flexibility index (Phi) is 4.80. The molecule has 1 aliphatic rings. The maximum Gasteiger partial charge on any atom is 0.223 e. The lowest BCUT2D eigenvalue weighted by Crippen LogP contribution is -2.30. The molecule has 0 aliphatic carbocycles. The SMILES string of the molecule is O=C(CCC(=O)N1CCCC1c1nc2ccccc2s1)c1ccccc1. The Hall–Kier alpha value is -2.53. The van der Waals surface area contributed by atoms with Gasteiger partial charge in [0.2, 0.25) is 5.91 Å². The van der Waals surface area contributed by atoms with E-state index in [0.717, 1.165) is 34.6 Å². The number of carbonyl (C=O) groups is 2. The van der Waals surface area contributed by atoms with E-state index in [1.807, 2.05) is 41.3 Å². The molecule has 0 N–H and O–H groups in total. The average Bonchev–Trinajstić information content (AvgIpc) is 3.32. The molecule has 2 aromatic carbocycles. The van der Waals surface area contributed by atoms with Gasteiger partial charge in [0.25, 0.3) is 0 Å². The summed E-state index contributed by atoms with van der Waals surface area (Å²) in [6, 6.07) is 17.3. The van der Waals surface area contributed by atoms with Crippen molar-refractivity contribution in [2.75, 3.05) is 6.54 Å². The Bertz CT molecular complexity index is 902. The maximum absolute atomic E-state index is 12.7. The number of Topliss-reactive ketones (excluding diaryl/α,β-unsaturated/α-hetero) is 1. The van der Waals surface area contributed by atoms with Crippen LogP contribution in [0.4, 0.5) is 0 Å². The lowest BCUT2D eigenvalue weighted by molar-refractivity contribution is -0.132. The van der Waals surface area contributed by atoms with E-state index in [0.29, 0.717) is 5.56 Å². The number of likely N-dealkylation sites (tertiary alicyclic amines) is 1. The maximum atomic E-state index is 12.7. The molecule has 1 fully saturated rings. The second-order valence-electron chi connectivity index (χ2n) is 6.55. The van der Waals surface area contributed by atoms with E-state index in [1.165, 1.54) is 0 Å². The summed E-state index contributed by atoms with van der Waals surface area (Å²) in [5, 5.41) is 1.01. The second-order valence-corrected chi connectivity index (χ2v) is 7.62. The molecule has 0 spiro atoms. The molecule has 132 valence electrons. The molecule has 1 aliphatic heterocycles. The average molecular weight is 364 g/mol. The van der Waals surface area contributed by atoms with Gasteiger partial charge >= 0.3 is 0 Å². The monoisotopic (exact) mass is 364 g/mol. The first-order chi connectivity index (χ1) is 12.7. The summed E-state index contributed by atoms with van der Waals surface area (Å²) in [4.78, 5) is 31.6. The van der Waals surface area contributed by atoms with Crippen LogP contribution in [0, 0.1) is 0 Å². The van der Waals surface area contributed by atoms with Crippen LogP contribution in [0.5, 0.6) is 0 Å². The molecule has 3 aromatic rings. The van der Waals surface area contributed by atoms with Gasteiger partial charge in [0.15, 0.2) is 5.78 Å². The number of carbonyl (C=O) groups excluding carboxylic acids is 2. The molecule has 26 heavy (non-hydrogen) atoms. The molecule has 4 nitrogen and oxygen atoms in total. The molecule has 0 saturated carbocycles. The minimum Gasteiger partial charge on any atom is -0.333 e. The molecule has 1 aromatic heterocycles. The highest BCUT2D eigenvalue weighted by Gasteiger charge is 2.32. The van der Waals surface area contributed by atoms with Crippen molar-refractivity contribution in [2.45, 2.75) is 31.7 Å². The first-order valence-electron chi connectivity index (χ1n) is 8.95. The Morgan fingerprint density at radius 1 is 1.04 bits per heavy atom. The van der Waals surface area contributed by atoms with E-state index >= 15 is 0 Å². The summed E-state index contributed by atoms with van der Waals surface area (Å²) in [6.45, 7) is 0.749. The number of para-hydroxylation sites is 1. The van der Waals surface area contributed by atoms with Gasteiger partial charge in [-0.3, -0.25) is 9.59 Å². The van der Waals surface area contributed by atoms with Crippen LogP contribution in [0.25, 0.3) is 10.2 Å². The largest absolute Gasteiger partial charge is 0.333 e. The Labute approximate surface area is 156 Å². The van der Waals surface area contributed by atoms with E-state index in [9.17, 15) is 9.59 Å². The Balaban J connectivity index is 1.44. The van der Waals surface area contributed by atoms with E-state index in [4.69, 9.17) is 4.98 Å². The number of benzene rings is 2. The van der Waals surface area contributed by atoms with Crippen molar-refractivity contribution in [3.63, 3.8) is 0 Å². The van der Waals surface area contributed by atoms with Crippen LogP contribution in [0.1, 0.15) is 47.1 Å². The molecule has 2 heterocycles. The number of ketones is 1. The quantitative estimate of drug-likeness (QED) is 0.621. The number of thiazole rings is 1. The third-order valence-corrected chi connectivity index (χ3v) is 5.97. The van der Waals surface area contributed by atoms with E-state index in [2.05, 4.69) is 6.07 Å². The first-order valence-corrected chi connectivity index (χ1v) is 9.77. The summed E-state index contributed by atoms with van der Waals surface area (Å²) in [5.41, 5.74) is 1.66. The topological polar surface area (TPSA) is 50.3 Å². The van der Waals surface area contributed by atoms with Gasteiger partial charge in [-0.1, -0.05) is 42.5 Å². The first kappa shape index (κ1) is 16.9. The number of aromatic nitrogens is 1. The van der Waals surface area contributed by atoms with Crippen molar-refractivity contribution < 1.29 is 9.59 Å². The molecular formula is C21H20N2O2S. The number of hydrogen-bond acceptors (Lipinski definition) is 4. The van der Waals surface area contributed by atoms with E-state index in [-0.39, 0.29) is 30.6 Å². The van der Waals surface area contributed by atoms with Crippen LogP contribution in [0.2, 0.25) is 0 Å². The van der Waals surface area contributed by atoms with Crippen molar-refractivity contribution >= 4 is 33.2 Å². The van der Waals surface area contributed by atoms with Crippen molar-refractivity contribution in [3.05, 3.63) is 65.2 Å². The van der Waals surface area contributed by atoms with Gasteiger partial charge in [-0.15, -0.1) is 11.3 Å². The lowest BCUT2D eigenvalue weighted by Gasteiger charge is -2.23. The van der Waals surface area contributed by atoms with Gasteiger partial charge in [0.1, 0.15) is 5.01 Å². The molecule has 5 heteroatoms. The zero-order valence-corrected chi connectivity index (χ0v) is 15.2. The third kappa shape index (κ3) is 3.40.